The van der Waals surface area contributed by atoms with Gasteiger partial charge in [0.25, 0.3) is 0 Å². The Hall–Kier alpha value is -2.06. The molecule has 0 aromatic carbocycles. The van der Waals surface area contributed by atoms with Gasteiger partial charge in [0.15, 0.2) is 5.65 Å². The van der Waals surface area contributed by atoms with Gasteiger partial charge in [0.2, 0.25) is 0 Å². The smallest absolute Gasteiger partial charge is 0.166 e. The molecule has 1 saturated heterocycles. The van der Waals surface area contributed by atoms with Gasteiger partial charge in [0.05, 0.1) is 12.4 Å². The molecule has 0 bridgehead atoms. The summed E-state index contributed by atoms with van der Waals surface area (Å²) in [5.74, 6) is 0.654. The topological polar surface area (TPSA) is 86.1 Å². The molecule has 3 aromatic heterocycles. The predicted octanol–water partition coefficient (Wildman–Crippen LogP) is 1.86. The van der Waals surface area contributed by atoms with E-state index in [1.165, 1.54) is 12.8 Å². The Morgan fingerprint density at radius 2 is 2.21 bits per heavy atom. The Kier molecular flexibility index (Phi) is 3.93. The first-order valence-electron chi connectivity index (χ1n) is 8.13. The molecule has 1 unspecified atom stereocenters. The van der Waals surface area contributed by atoms with Crippen LogP contribution < -0.4 is 11.1 Å². The number of piperidine rings is 1. The van der Waals surface area contributed by atoms with Crippen molar-refractivity contribution in [3.8, 4) is 11.1 Å². The number of fused-ring (bicyclic) bond motifs is 1. The van der Waals surface area contributed by atoms with Crippen molar-refractivity contribution in [3.63, 3.8) is 0 Å². The van der Waals surface area contributed by atoms with Crippen LogP contribution in [-0.2, 0) is 7.05 Å². The summed E-state index contributed by atoms with van der Waals surface area (Å²) in [5, 5.41) is 13.7. The van der Waals surface area contributed by atoms with Crippen LogP contribution in [0.3, 0.4) is 0 Å². The number of thioether (sulfide) groups is 1. The first kappa shape index (κ1) is 15.5. The van der Waals surface area contributed by atoms with Gasteiger partial charge in [-0.2, -0.15) is 14.7 Å². The molecule has 1 fully saturated rings. The molecule has 4 rings (SSSR count). The minimum Gasteiger partial charge on any atom is -0.383 e. The number of nitrogens with zero attached hydrogens (tertiary/aromatic N) is 5. The maximum Gasteiger partial charge on any atom is 0.166 e. The second-order valence-electron chi connectivity index (χ2n) is 6.21. The van der Waals surface area contributed by atoms with Crippen molar-refractivity contribution in [1.29, 1.82) is 0 Å². The van der Waals surface area contributed by atoms with Crippen molar-refractivity contribution < 1.29 is 0 Å². The van der Waals surface area contributed by atoms with Gasteiger partial charge in [0, 0.05) is 41.7 Å². The summed E-state index contributed by atoms with van der Waals surface area (Å²) >= 11 is 1.82. The molecule has 0 aliphatic carbocycles. The zero-order valence-electron chi connectivity index (χ0n) is 13.9. The number of aromatic nitrogens is 5. The summed E-state index contributed by atoms with van der Waals surface area (Å²) in [4.78, 5) is 4.89. The average Bonchev–Trinajstić information content (AvgIpc) is 3.19. The number of nitrogen functional groups attached to an aromatic ring is 1. The van der Waals surface area contributed by atoms with Gasteiger partial charge in [-0.05, 0) is 26.3 Å². The van der Waals surface area contributed by atoms with Crippen LogP contribution in [0.1, 0.15) is 18.4 Å². The van der Waals surface area contributed by atoms with E-state index >= 15 is 0 Å². The van der Waals surface area contributed by atoms with Crippen LogP contribution in [0.2, 0.25) is 0 Å². The Bertz CT molecular complexity index is 876. The Morgan fingerprint density at radius 3 is 2.92 bits per heavy atom. The first-order chi connectivity index (χ1) is 11.6. The van der Waals surface area contributed by atoms with Crippen molar-refractivity contribution in [1.82, 2.24) is 29.7 Å². The molecule has 0 radical (unpaired) electrons. The van der Waals surface area contributed by atoms with Gasteiger partial charge < -0.3 is 11.1 Å². The fourth-order valence-corrected chi connectivity index (χ4v) is 4.25. The Balaban J connectivity index is 1.78. The molecule has 0 amide bonds. The maximum absolute atomic E-state index is 6.33. The van der Waals surface area contributed by atoms with Gasteiger partial charge in [-0.3, -0.25) is 4.68 Å². The molecule has 3 N–H and O–H groups in total. The summed E-state index contributed by atoms with van der Waals surface area (Å²) in [6, 6.07) is 0. The van der Waals surface area contributed by atoms with Crippen molar-refractivity contribution in [3.05, 3.63) is 24.2 Å². The minimum absolute atomic E-state index is 0.538. The molecule has 3 aromatic rings. The van der Waals surface area contributed by atoms with Gasteiger partial charge in [0.1, 0.15) is 10.8 Å². The summed E-state index contributed by atoms with van der Waals surface area (Å²) in [6.45, 7) is 4.15. The lowest BCUT2D eigenvalue weighted by Gasteiger charge is -2.22. The molecular weight excluding hydrogens is 322 g/mol. The van der Waals surface area contributed by atoms with Gasteiger partial charge in [-0.15, -0.1) is 11.8 Å². The van der Waals surface area contributed by atoms with Crippen LogP contribution in [-0.4, -0.2) is 42.7 Å². The van der Waals surface area contributed by atoms with Crippen LogP contribution >= 0.6 is 11.8 Å². The van der Waals surface area contributed by atoms with Crippen molar-refractivity contribution in [2.24, 2.45) is 7.05 Å². The highest BCUT2D eigenvalue weighted by atomic mass is 32.2. The van der Waals surface area contributed by atoms with Crippen molar-refractivity contribution >= 4 is 23.2 Å². The first-order valence-corrected chi connectivity index (χ1v) is 9.01. The molecule has 1 aliphatic heterocycles. The number of hydrogen-bond acceptors (Lipinski definition) is 6. The van der Waals surface area contributed by atoms with Crippen LogP contribution in [0.25, 0.3) is 16.8 Å². The molecule has 8 heteroatoms. The fraction of sp³-hybridized carbons (Fsp3) is 0.438. The van der Waals surface area contributed by atoms with Crippen LogP contribution in [0, 0.1) is 6.92 Å². The van der Waals surface area contributed by atoms with E-state index in [1.54, 1.807) is 9.20 Å². The second kappa shape index (κ2) is 6.10. The maximum atomic E-state index is 6.33. The lowest BCUT2D eigenvalue weighted by atomic mass is 10.2. The summed E-state index contributed by atoms with van der Waals surface area (Å²) < 4.78 is 3.50. The van der Waals surface area contributed by atoms with E-state index in [2.05, 4.69) is 15.5 Å². The molecular formula is C16H21N7S. The average molecular weight is 343 g/mol. The van der Waals surface area contributed by atoms with Gasteiger partial charge in [-0.1, -0.05) is 0 Å². The highest BCUT2D eigenvalue weighted by Crippen LogP contribution is 2.33. The number of nitrogens with two attached hydrogens (primary N) is 1. The van der Waals surface area contributed by atoms with E-state index < -0.39 is 0 Å². The predicted molar refractivity (Wildman–Crippen MR) is 96.1 cm³/mol. The molecule has 1 aliphatic rings. The molecule has 0 spiro atoms. The van der Waals surface area contributed by atoms with E-state index in [-0.39, 0.29) is 0 Å². The zero-order chi connectivity index (χ0) is 16.7. The quantitative estimate of drug-likeness (QED) is 0.706. The number of hydrogen-bond donors (Lipinski definition) is 2. The number of nitrogens with one attached hydrogen (secondary N) is 1. The van der Waals surface area contributed by atoms with E-state index in [0.717, 1.165) is 40.5 Å². The van der Waals surface area contributed by atoms with E-state index in [9.17, 15) is 0 Å². The summed E-state index contributed by atoms with van der Waals surface area (Å²) in [5.41, 5.74) is 10.1. The SMILES string of the molecule is Cc1c(SC2CCCNC2)nc2c(-c3cnn(C)c3)cnn2c1N. The third-order valence-electron chi connectivity index (χ3n) is 4.43. The number of rotatable bonds is 3. The Morgan fingerprint density at radius 1 is 1.33 bits per heavy atom. The van der Waals surface area contributed by atoms with Crippen LogP contribution in [0.5, 0.6) is 0 Å². The summed E-state index contributed by atoms with van der Waals surface area (Å²) in [6.07, 6.45) is 8.02. The Labute approximate surface area is 144 Å². The van der Waals surface area contributed by atoms with Crippen molar-refractivity contribution in [2.75, 3.05) is 18.8 Å². The molecule has 126 valence electrons. The minimum atomic E-state index is 0.538. The lowest BCUT2D eigenvalue weighted by molar-refractivity contribution is 0.531. The molecule has 7 nitrogen and oxygen atoms in total. The number of anilines is 1. The molecule has 24 heavy (non-hydrogen) atoms. The third-order valence-corrected chi connectivity index (χ3v) is 5.79. The van der Waals surface area contributed by atoms with E-state index in [0.29, 0.717) is 11.1 Å². The lowest BCUT2D eigenvalue weighted by Crippen LogP contribution is -2.31. The largest absolute Gasteiger partial charge is 0.383 e. The van der Waals surface area contributed by atoms with Crippen LogP contribution in [0.4, 0.5) is 5.82 Å². The zero-order valence-corrected chi connectivity index (χ0v) is 14.7. The van der Waals surface area contributed by atoms with Crippen molar-refractivity contribution in [2.45, 2.75) is 30.0 Å². The number of aryl methyl sites for hydroxylation is 1. The van der Waals surface area contributed by atoms with Crippen LogP contribution in [0.15, 0.2) is 23.6 Å². The molecule has 0 saturated carbocycles. The monoisotopic (exact) mass is 343 g/mol. The second-order valence-corrected chi connectivity index (χ2v) is 7.50. The van der Waals surface area contributed by atoms with Gasteiger partial charge in [-0.25, -0.2) is 4.98 Å². The fourth-order valence-electron chi connectivity index (χ4n) is 3.03. The molecule has 4 heterocycles. The normalized spacial score (nSPS) is 18.3. The highest BCUT2D eigenvalue weighted by molar-refractivity contribution is 8.00. The third kappa shape index (κ3) is 2.65. The van der Waals surface area contributed by atoms with Gasteiger partial charge >= 0.3 is 0 Å². The van der Waals surface area contributed by atoms with E-state index in [4.69, 9.17) is 10.7 Å². The standard InChI is InChI=1S/C16H21N7S/c1-10-14(17)23-15(13(8-20-23)11-6-19-22(2)9-11)21-16(10)24-12-4-3-5-18-7-12/h6,8-9,12,18H,3-5,7,17H2,1-2H3. The van der Waals surface area contributed by atoms with E-state index in [1.807, 2.05) is 44.3 Å². The highest BCUT2D eigenvalue weighted by Gasteiger charge is 2.20. The summed E-state index contributed by atoms with van der Waals surface area (Å²) in [7, 11) is 1.90. The molecule has 1 atom stereocenters.